The van der Waals surface area contributed by atoms with Crippen LogP contribution >= 0.6 is 23.2 Å². The Bertz CT molecular complexity index is 863. The van der Waals surface area contributed by atoms with E-state index in [-0.39, 0.29) is 5.56 Å². The van der Waals surface area contributed by atoms with Gasteiger partial charge in [-0.1, -0.05) is 23.2 Å². The van der Waals surface area contributed by atoms with Crippen LogP contribution in [0.5, 0.6) is 5.75 Å². The van der Waals surface area contributed by atoms with Gasteiger partial charge in [0.2, 0.25) is 0 Å². The van der Waals surface area contributed by atoms with Gasteiger partial charge < -0.3 is 14.8 Å². The van der Waals surface area contributed by atoms with Crippen LogP contribution in [0.25, 0.3) is 22.2 Å². The maximum atomic E-state index is 11.1. The van der Waals surface area contributed by atoms with Gasteiger partial charge in [0.15, 0.2) is 0 Å². The van der Waals surface area contributed by atoms with E-state index in [1.807, 2.05) is 13.0 Å². The van der Waals surface area contributed by atoms with E-state index in [1.54, 1.807) is 24.3 Å². The first kappa shape index (κ1) is 15.7. The van der Waals surface area contributed by atoms with Crippen molar-refractivity contribution < 1.29 is 14.6 Å². The van der Waals surface area contributed by atoms with Gasteiger partial charge in [0.1, 0.15) is 5.75 Å². The van der Waals surface area contributed by atoms with Crippen LogP contribution < -0.4 is 4.74 Å². The van der Waals surface area contributed by atoms with Gasteiger partial charge in [-0.15, -0.1) is 0 Å². The molecule has 0 fully saturated rings. The van der Waals surface area contributed by atoms with Crippen molar-refractivity contribution in [2.24, 2.45) is 0 Å². The standard InChI is InChI=1S/C17H13Cl2NO3/c1-2-23-16-7-9(17(21)22)3-4-11(16)15-6-10-5-12(18)13(19)8-14(10)20-15/h3-8,20H,2H2,1H3,(H,21,22). The Morgan fingerprint density at radius 1 is 1.17 bits per heavy atom. The maximum Gasteiger partial charge on any atom is 0.335 e. The number of fused-ring (bicyclic) bond motifs is 1. The molecule has 0 bridgehead atoms. The minimum absolute atomic E-state index is 0.180. The lowest BCUT2D eigenvalue weighted by Gasteiger charge is -2.10. The fourth-order valence-corrected chi connectivity index (χ4v) is 2.76. The number of carbonyl (C=O) groups is 1. The van der Waals surface area contributed by atoms with Crippen molar-refractivity contribution >= 4 is 40.1 Å². The van der Waals surface area contributed by atoms with Crippen molar-refractivity contribution in [3.8, 4) is 17.0 Å². The summed E-state index contributed by atoms with van der Waals surface area (Å²) in [5.41, 5.74) is 2.61. The Hall–Kier alpha value is -2.17. The van der Waals surface area contributed by atoms with E-state index in [0.29, 0.717) is 22.4 Å². The number of benzene rings is 2. The predicted octanol–water partition coefficient (Wildman–Crippen LogP) is 5.24. The highest BCUT2D eigenvalue weighted by Crippen LogP contribution is 2.35. The van der Waals surface area contributed by atoms with Crippen LogP contribution in [-0.2, 0) is 0 Å². The molecule has 0 unspecified atom stereocenters. The van der Waals surface area contributed by atoms with Crippen molar-refractivity contribution in [3.05, 3.63) is 52.0 Å². The van der Waals surface area contributed by atoms with Gasteiger partial charge in [0, 0.05) is 16.5 Å². The van der Waals surface area contributed by atoms with Crippen LogP contribution in [-0.4, -0.2) is 22.7 Å². The molecule has 0 atom stereocenters. The van der Waals surface area contributed by atoms with E-state index in [9.17, 15) is 4.79 Å². The van der Waals surface area contributed by atoms with Crippen LogP contribution in [0.1, 0.15) is 17.3 Å². The number of H-pyrrole nitrogens is 1. The summed E-state index contributed by atoms with van der Waals surface area (Å²) in [5, 5.41) is 11.0. The van der Waals surface area contributed by atoms with E-state index >= 15 is 0 Å². The zero-order valence-corrected chi connectivity index (χ0v) is 13.7. The number of ether oxygens (including phenoxy) is 1. The third kappa shape index (κ3) is 3.00. The molecular weight excluding hydrogens is 337 g/mol. The lowest BCUT2D eigenvalue weighted by molar-refractivity contribution is 0.0696. The second-order valence-corrected chi connectivity index (χ2v) is 5.80. The first-order chi connectivity index (χ1) is 11.0. The molecule has 1 heterocycles. The number of aromatic nitrogens is 1. The number of aromatic amines is 1. The predicted molar refractivity (Wildman–Crippen MR) is 91.9 cm³/mol. The van der Waals surface area contributed by atoms with Crippen molar-refractivity contribution in [2.75, 3.05) is 6.61 Å². The van der Waals surface area contributed by atoms with Crippen molar-refractivity contribution in [2.45, 2.75) is 6.92 Å². The van der Waals surface area contributed by atoms with Crippen LogP contribution in [0.3, 0.4) is 0 Å². The Balaban J connectivity index is 2.15. The second kappa shape index (κ2) is 6.14. The highest BCUT2D eigenvalue weighted by Gasteiger charge is 2.14. The molecule has 6 heteroatoms. The molecule has 118 valence electrons. The number of halogens is 2. The molecule has 23 heavy (non-hydrogen) atoms. The Morgan fingerprint density at radius 3 is 2.61 bits per heavy atom. The van der Waals surface area contributed by atoms with Crippen molar-refractivity contribution in [1.29, 1.82) is 0 Å². The normalized spacial score (nSPS) is 10.9. The molecular formula is C17H13Cl2NO3. The summed E-state index contributed by atoms with van der Waals surface area (Å²) in [6.45, 7) is 2.29. The second-order valence-electron chi connectivity index (χ2n) is 4.99. The lowest BCUT2D eigenvalue weighted by Crippen LogP contribution is -2.00. The summed E-state index contributed by atoms with van der Waals surface area (Å²) in [4.78, 5) is 14.4. The van der Waals surface area contributed by atoms with Gasteiger partial charge in [-0.2, -0.15) is 0 Å². The Labute approximate surface area is 142 Å². The average Bonchev–Trinajstić information content (AvgIpc) is 2.90. The number of carboxylic acid groups (broad SMARTS) is 1. The fourth-order valence-electron chi connectivity index (χ4n) is 2.42. The third-order valence-electron chi connectivity index (χ3n) is 3.48. The van der Waals surface area contributed by atoms with E-state index in [1.165, 1.54) is 6.07 Å². The van der Waals surface area contributed by atoms with E-state index in [2.05, 4.69) is 4.98 Å². The lowest BCUT2D eigenvalue weighted by atomic mass is 10.1. The summed E-state index contributed by atoms with van der Waals surface area (Å²) in [5.74, 6) is -0.483. The van der Waals surface area contributed by atoms with Gasteiger partial charge in [-0.25, -0.2) is 4.79 Å². The monoisotopic (exact) mass is 349 g/mol. The third-order valence-corrected chi connectivity index (χ3v) is 4.20. The summed E-state index contributed by atoms with van der Waals surface area (Å²) < 4.78 is 5.59. The smallest absolute Gasteiger partial charge is 0.335 e. The average molecular weight is 350 g/mol. The number of nitrogens with one attached hydrogen (secondary N) is 1. The molecule has 0 aliphatic rings. The molecule has 0 spiro atoms. The topological polar surface area (TPSA) is 62.3 Å². The van der Waals surface area contributed by atoms with E-state index in [4.69, 9.17) is 33.0 Å². The quantitative estimate of drug-likeness (QED) is 0.676. The number of carboxylic acids is 1. The van der Waals surface area contributed by atoms with Gasteiger partial charge in [-0.05, 0) is 43.3 Å². The van der Waals surface area contributed by atoms with Gasteiger partial charge in [-0.3, -0.25) is 0 Å². The highest BCUT2D eigenvalue weighted by molar-refractivity contribution is 6.42. The first-order valence-electron chi connectivity index (χ1n) is 6.98. The molecule has 2 aromatic carbocycles. The van der Waals surface area contributed by atoms with Gasteiger partial charge in [0.05, 0.1) is 27.9 Å². The fraction of sp³-hybridized carbons (Fsp3) is 0.118. The maximum absolute atomic E-state index is 11.1. The largest absolute Gasteiger partial charge is 0.493 e. The highest BCUT2D eigenvalue weighted by atomic mass is 35.5. The Kier molecular flexibility index (Phi) is 4.20. The number of hydrogen-bond donors (Lipinski definition) is 2. The molecule has 3 aromatic rings. The molecule has 0 saturated heterocycles. The van der Waals surface area contributed by atoms with Crippen LogP contribution in [0.2, 0.25) is 10.0 Å². The molecule has 3 rings (SSSR count). The number of rotatable bonds is 4. The number of aromatic carboxylic acids is 1. The summed E-state index contributed by atoms with van der Waals surface area (Å²) in [6.07, 6.45) is 0. The van der Waals surface area contributed by atoms with Gasteiger partial charge >= 0.3 is 5.97 Å². The summed E-state index contributed by atoms with van der Waals surface area (Å²) in [6, 6.07) is 10.3. The number of hydrogen-bond acceptors (Lipinski definition) is 2. The molecule has 0 radical (unpaired) electrons. The molecule has 1 aromatic heterocycles. The zero-order chi connectivity index (χ0) is 16.6. The minimum atomic E-state index is -0.993. The SMILES string of the molecule is CCOc1cc(C(=O)O)ccc1-c1cc2cc(Cl)c(Cl)cc2[nH]1. The van der Waals surface area contributed by atoms with Gasteiger partial charge in [0.25, 0.3) is 0 Å². The van der Waals surface area contributed by atoms with Crippen molar-refractivity contribution in [3.63, 3.8) is 0 Å². The zero-order valence-electron chi connectivity index (χ0n) is 12.2. The summed E-state index contributed by atoms with van der Waals surface area (Å²) in [7, 11) is 0. The molecule has 0 aliphatic carbocycles. The van der Waals surface area contributed by atoms with Crippen LogP contribution in [0.4, 0.5) is 0 Å². The molecule has 4 nitrogen and oxygen atoms in total. The molecule has 0 saturated carbocycles. The first-order valence-corrected chi connectivity index (χ1v) is 7.73. The van der Waals surface area contributed by atoms with Crippen LogP contribution in [0, 0.1) is 0 Å². The molecule has 0 amide bonds. The summed E-state index contributed by atoms with van der Waals surface area (Å²) >= 11 is 12.1. The molecule has 2 N–H and O–H groups in total. The van der Waals surface area contributed by atoms with E-state index < -0.39 is 5.97 Å². The van der Waals surface area contributed by atoms with Crippen LogP contribution in [0.15, 0.2) is 36.4 Å². The molecule has 0 aliphatic heterocycles. The minimum Gasteiger partial charge on any atom is -0.493 e. The Morgan fingerprint density at radius 2 is 1.91 bits per heavy atom. The van der Waals surface area contributed by atoms with E-state index in [0.717, 1.165) is 22.2 Å². The van der Waals surface area contributed by atoms with Crippen molar-refractivity contribution in [1.82, 2.24) is 4.98 Å².